The second-order valence-electron chi connectivity index (χ2n) is 4.23. The van der Waals surface area contributed by atoms with Crippen LogP contribution < -0.4 is 4.74 Å². The first-order valence-electron chi connectivity index (χ1n) is 5.87. The molecule has 1 aromatic carbocycles. The number of nitrogens with zero attached hydrogens (tertiary/aromatic N) is 3. The molecule has 0 aliphatic rings. The number of phenolic OH excluding ortho intramolecular Hbond substituents is 1. The van der Waals surface area contributed by atoms with E-state index >= 15 is 0 Å². The molecule has 0 spiro atoms. The molecule has 0 unspecified atom stereocenters. The number of aromatic nitrogens is 3. The molecule has 3 rings (SSSR count). The molecular weight excluding hydrogens is 242 g/mol. The second kappa shape index (κ2) is 4.28. The third-order valence-corrected chi connectivity index (χ3v) is 3.09. The number of imidazole rings is 1. The van der Waals surface area contributed by atoms with Crippen LogP contribution in [0, 0.1) is 6.92 Å². The summed E-state index contributed by atoms with van der Waals surface area (Å²) in [6.07, 6.45) is 5.27. The van der Waals surface area contributed by atoms with Crippen molar-refractivity contribution < 1.29 is 9.84 Å². The van der Waals surface area contributed by atoms with Gasteiger partial charge in [-0.3, -0.25) is 9.38 Å². The lowest BCUT2D eigenvalue weighted by Gasteiger charge is -2.11. The summed E-state index contributed by atoms with van der Waals surface area (Å²) in [5.74, 6) is 0.773. The summed E-state index contributed by atoms with van der Waals surface area (Å²) in [7, 11) is 1.57. The first-order chi connectivity index (χ1) is 9.20. The molecule has 2 aromatic heterocycles. The third kappa shape index (κ3) is 1.79. The van der Waals surface area contributed by atoms with E-state index in [2.05, 4.69) is 9.97 Å². The molecule has 5 heteroatoms. The maximum absolute atomic E-state index is 10.2. The number of hydrogen-bond acceptors (Lipinski definition) is 4. The summed E-state index contributed by atoms with van der Waals surface area (Å²) in [6.45, 7) is 1.90. The molecule has 1 N–H and O–H groups in total. The molecule has 0 atom stereocenters. The number of fused-ring (bicyclic) bond motifs is 1. The van der Waals surface area contributed by atoms with E-state index < -0.39 is 0 Å². The monoisotopic (exact) mass is 255 g/mol. The number of benzene rings is 1. The predicted octanol–water partition coefficient (Wildman–Crippen LogP) is 2.42. The molecule has 0 saturated carbocycles. The smallest absolute Gasteiger partial charge is 0.155 e. The zero-order chi connectivity index (χ0) is 13.4. The van der Waals surface area contributed by atoms with Crippen LogP contribution in [0.25, 0.3) is 16.9 Å². The Balaban J connectivity index is 2.29. The number of aromatic hydroxyl groups is 1. The molecule has 2 heterocycles. The third-order valence-electron chi connectivity index (χ3n) is 3.09. The van der Waals surface area contributed by atoms with Crippen molar-refractivity contribution in [3.05, 3.63) is 42.5 Å². The molecule has 3 aromatic rings. The van der Waals surface area contributed by atoms with Gasteiger partial charge < -0.3 is 9.84 Å². The van der Waals surface area contributed by atoms with Gasteiger partial charge in [-0.05, 0) is 19.1 Å². The standard InChI is InChI=1S/C14H13N3O2/c1-9-14(17-6-5-15-13(17)8-16-9)11-4-3-10(19-2)7-12(11)18/h3-8,18H,1-2H3. The fourth-order valence-electron chi connectivity index (χ4n) is 2.15. The highest BCUT2D eigenvalue weighted by Crippen LogP contribution is 2.33. The SMILES string of the molecule is COc1ccc(-c2c(C)ncc3nccn23)c(O)c1. The average molecular weight is 255 g/mol. The van der Waals surface area contributed by atoms with E-state index in [0.717, 1.165) is 17.0 Å². The maximum Gasteiger partial charge on any atom is 0.155 e. The summed E-state index contributed by atoms with van der Waals surface area (Å²) < 4.78 is 7.00. The minimum atomic E-state index is 0.158. The van der Waals surface area contributed by atoms with E-state index in [1.807, 2.05) is 29.7 Å². The minimum Gasteiger partial charge on any atom is -0.507 e. The molecule has 0 aliphatic carbocycles. The number of hydrogen-bond donors (Lipinski definition) is 1. The molecule has 0 amide bonds. The molecule has 0 aliphatic heterocycles. The Bertz CT molecular complexity index is 750. The van der Waals surface area contributed by atoms with Gasteiger partial charge in [0.05, 0.1) is 24.7 Å². The molecule has 0 bridgehead atoms. The van der Waals surface area contributed by atoms with E-state index in [1.54, 1.807) is 25.6 Å². The second-order valence-corrected chi connectivity index (χ2v) is 4.23. The van der Waals surface area contributed by atoms with Crippen LogP contribution in [0.4, 0.5) is 0 Å². The number of methoxy groups -OCH3 is 1. The van der Waals surface area contributed by atoms with Crippen LogP contribution in [0.5, 0.6) is 11.5 Å². The van der Waals surface area contributed by atoms with Crippen molar-refractivity contribution in [2.45, 2.75) is 6.92 Å². The summed E-state index contributed by atoms with van der Waals surface area (Å²) in [4.78, 5) is 8.52. The van der Waals surface area contributed by atoms with Crippen molar-refractivity contribution in [2.24, 2.45) is 0 Å². The van der Waals surface area contributed by atoms with Gasteiger partial charge in [-0.25, -0.2) is 4.98 Å². The first kappa shape index (κ1) is 11.5. The molecule has 19 heavy (non-hydrogen) atoms. The first-order valence-corrected chi connectivity index (χ1v) is 5.87. The molecule has 0 radical (unpaired) electrons. The van der Waals surface area contributed by atoms with Crippen molar-refractivity contribution >= 4 is 5.65 Å². The Hall–Kier alpha value is -2.56. The molecule has 0 saturated heterocycles. The summed E-state index contributed by atoms with van der Waals surface area (Å²) in [5, 5.41) is 10.2. The van der Waals surface area contributed by atoms with Crippen molar-refractivity contribution in [1.29, 1.82) is 0 Å². The highest BCUT2D eigenvalue weighted by atomic mass is 16.5. The molecule has 96 valence electrons. The summed E-state index contributed by atoms with van der Waals surface area (Å²) >= 11 is 0. The topological polar surface area (TPSA) is 59.7 Å². The lowest BCUT2D eigenvalue weighted by Crippen LogP contribution is -1.98. The van der Waals surface area contributed by atoms with Gasteiger partial charge in [0, 0.05) is 24.0 Å². The van der Waals surface area contributed by atoms with Crippen LogP contribution in [0.1, 0.15) is 5.69 Å². The number of aryl methyl sites for hydroxylation is 1. The van der Waals surface area contributed by atoms with Gasteiger partial charge in [-0.1, -0.05) is 0 Å². The van der Waals surface area contributed by atoms with Gasteiger partial charge in [-0.2, -0.15) is 0 Å². The fourth-order valence-corrected chi connectivity index (χ4v) is 2.15. The van der Waals surface area contributed by atoms with Crippen molar-refractivity contribution in [2.75, 3.05) is 7.11 Å². The lowest BCUT2D eigenvalue weighted by atomic mass is 10.1. The van der Waals surface area contributed by atoms with Crippen LogP contribution in [0.3, 0.4) is 0 Å². The van der Waals surface area contributed by atoms with Gasteiger partial charge in [0.25, 0.3) is 0 Å². The van der Waals surface area contributed by atoms with Crippen LogP contribution in [0.15, 0.2) is 36.8 Å². The summed E-state index contributed by atoms with van der Waals surface area (Å²) in [5.41, 5.74) is 3.10. The number of phenols is 1. The van der Waals surface area contributed by atoms with Gasteiger partial charge in [0.15, 0.2) is 5.65 Å². The van der Waals surface area contributed by atoms with Gasteiger partial charge >= 0.3 is 0 Å². The van der Waals surface area contributed by atoms with E-state index in [4.69, 9.17) is 4.74 Å². The number of ether oxygens (including phenoxy) is 1. The van der Waals surface area contributed by atoms with E-state index in [-0.39, 0.29) is 5.75 Å². The van der Waals surface area contributed by atoms with E-state index in [9.17, 15) is 5.11 Å². The molecular formula is C14H13N3O2. The Morgan fingerprint density at radius 1 is 1.26 bits per heavy atom. The Labute approximate surface area is 110 Å². The summed E-state index contributed by atoms with van der Waals surface area (Å²) in [6, 6.07) is 5.21. The molecule has 5 nitrogen and oxygen atoms in total. The van der Waals surface area contributed by atoms with E-state index in [0.29, 0.717) is 11.3 Å². The van der Waals surface area contributed by atoms with Gasteiger partial charge in [0.2, 0.25) is 0 Å². The normalized spacial score (nSPS) is 10.8. The Kier molecular flexibility index (Phi) is 2.59. The zero-order valence-corrected chi connectivity index (χ0v) is 10.7. The van der Waals surface area contributed by atoms with Crippen molar-refractivity contribution in [1.82, 2.24) is 14.4 Å². The van der Waals surface area contributed by atoms with Gasteiger partial charge in [-0.15, -0.1) is 0 Å². The number of rotatable bonds is 2. The average Bonchev–Trinajstić information content (AvgIpc) is 2.88. The quantitative estimate of drug-likeness (QED) is 0.764. The zero-order valence-electron chi connectivity index (χ0n) is 10.7. The minimum absolute atomic E-state index is 0.158. The predicted molar refractivity (Wildman–Crippen MR) is 71.4 cm³/mol. The van der Waals surface area contributed by atoms with Crippen LogP contribution in [-0.4, -0.2) is 26.6 Å². The highest BCUT2D eigenvalue weighted by molar-refractivity contribution is 5.72. The highest BCUT2D eigenvalue weighted by Gasteiger charge is 2.13. The van der Waals surface area contributed by atoms with E-state index in [1.165, 1.54) is 0 Å². The van der Waals surface area contributed by atoms with Crippen LogP contribution in [0.2, 0.25) is 0 Å². The molecule has 0 fully saturated rings. The largest absolute Gasteiger partial charge is 0.507 e. The van der Waals surface area contributed by atoms with Crippen molar-refractivity contribution in [3.8, 4) is 22.8 Å². The Morgan fingerprint density at radius 3 is 2.84 bits per heavy atom. The fraction of sp³-hybridized carbons (Fsp3) is 0.143. The van der Waals surface area contributed by atoms with Crippen molar-refractivity contribution in [3.63, 3.8) is 0 Å². The van der Waals surface area contributed by atoms with Gasteiger partial charge in [0.1, 0.15) is 11.5 Å². The Morgan fingerprint density at radius 2 is 2.11 bits per heavy atom. The van der Waals surface area contributed by atoms with Crippen LogP contribution in [-0.2, 0) is 0 Å². The lowest BCUT2D eigenvalue weighted by molar-refractivity contribution is 0.408. The van der Waals surface area contributed by atoms with Crippen LogP contribution >= 0.6 is 0 Å². The maximum atomic E-state index is 10.2.